The van der Waals surface area contributed by atoms with Crippen LogP contribution in [0, 0.1) is 0 Å². The van der Waals surface area contributed by atoms with Gasteiger partial charge >= 0.3 is 0 Å². The largest absolute Gasteiger partial charge is 0.294 e. The molecule has 0 aliphatic carbocycles. The molecule has 22 heavy (non-hydrogen) atoms. The predicted octanol–water partition coefficient (Wildman–Crippen LogP) is 2.43. The SMILES string of the molecule is CCc1ccc(S(=O)(=O)O)cc1.O=S(=O)(O)c1ccccc1. The average molecular weight is 344 g/mol. The highest BCUT2D eigenvalue weighted by Gasteiger charge is 2.07. The zero-order valence-corrected chi connectivity index (χ0v) is 13.4. The van der Waals surface area contributed by atoms with Gasteiger partial charge in [0.1, 0.15) is 0 Å². The molecular weight excluding hydrogens is 328 g/mol. The van der Waals surface area contributed by atoms with E-state index in [2.05, 4.69) is 0 Å². The topological polar surface area (TPSA) is 109 Å². The molecule has 0 heterocycles. The molecule has 0 aliphatic heterocycles. The number of rotatable bonds is 3. The van der Waals surface area contributed by atoms with Crippen molar-refractivity contribution >= 4 is 20.2 Å². The van der Waals surface area contributed by atoms with E-state index in [-0.39, 0.29) is 9.79 Å². The molecule has 0 fully saturated rings. The Labute approximate surface area is 129 Å². The molecule has 0 bridgehead atoms. The highest BCUT2D eigenvalue weighted by molar-refractivity contribution is 7.86. The first kappa shape index (κ1) is 18.3. The maximum absolute atomic E-state index is 10.6. The van der Waals surface area contributed by atoms with Crippen LogP contribution in [0.25, 0.3) is 0 Å². The molecule has 0 saturated heterocycles. The molecule has 0 amide bonds. The fourth-order valence-electron chi connectivity index (χ4n) is 1.49. The molecule has 0 aliphatic rings. The van der Waals surface area contributed by atoms with E-state index >= 15 is 0 Å². The van der Waals surface area contributed by atoms with Crippen molar-refractivity contribution in [3.05, 3.63) is 60.2 Å². The minimum Gasteiger partial charge on any atom is -0.282 e. The molecule has 0 spiro atoms. The van der Waals surface area contributed by atoms with Crippen molar-refractivity contribution in [1.82, 2.24) is 0 Å². The predicted molar refractivity (Wildman–Crippen MR) is 81.9 cm³/mol. The number of aryl methyl sites for hydroxylation is 1. The van der Waals surface area contributed by atoms with E-state index in [1.807, 2.05) is 6.92 Å². The molecule has 2 rings (SSSR count). The monoisotopic (exact) mass is 344 g/mol. The summed E-state index contributed by atoms with van der Waals surface area (Å²) < 4.78 is 59.0. The van der Waals surface area contributed by atoms with Crippen molar-refractivity contribution in [3.8, 4) is 0 Å². The molecule has 6 nitrogen and oxygen atoms in total. The number of benzene rings is 2. The van der Waals surface area contributed by atoms with Crippen LogP contribution in [0.4, 0.5) is 0 Å². The Hall–Kier alpha value is -1.74. The summed E-state index contributed by atoms with van der Waals surface area (Å²) in [4.78, 5) is -0.130. The van der Waals surface area contributed by atoms with Gasteiger partial charge in [-0.15, -0.1) is 0 Å². The lowest BCUT2D eigenvalue weighted by atomic mass is 10.2. The van der Waals surface area contributed by atoms with Crippen LogP contribution in [0.15, 0.2) is 64.4 Å². The molecule has 0 radical (unpaired) electrons. The van der Waals surface area contributed by atoms with Crippen LogP contribution in [0.5, 0.6) is 0 Å². The summed E-state index contributed by atoms with van der Waals surface area (Å²) >= 11 is 0. The van der Waals surface area contributed by atoms with E-state index in [0.29, 0.717) is 0 Å². The third kappa shape index (κ3) is 5.94. The van der Waals surface area contributed by atoms with E-state index in [1.54, 1.807) is 30.3 Å². The zero-order chi connectivity index (χ0) is 16.8. The first-order chi connectivity index (χ1) is 10.1. The molecule has 0 aromatic heterocycles. The van der Waals surface area contributed by atoms with Crippen molar-refractivity contribution in [3.63, 3.8) is 0 Å². The molecular formula is C14H16O6S2. The van der Waals surface area contributed by atoms with Gasteiger partial charge in [0.25, 0.3) is 20.2 Å². The molecule has 8 heteroatoms. The first-order valence-corrected chi connectivity index (χ1v) is 9.11. The third-order valence-corrected chi connectivity index (χ3v) is 4.41. The van der Waals surface area contributed by atoms with Crippen molar-refractivity contribution in [2.75, 3.05) is 0 Å². The second-order valence-corrected chi connectivity index (χ2v) is 7.10. The Kier molecular flexibility index (Phi) is 6.24. The Bertz CT molecular complexity index is 794. The van der Waals surface area contributed by atoms with Crippen LogP contribution in [-0.4, -0.2) is 25.9 Å². The number of hydrogen-bond donors (Lipinski definition) is 2. The third-order valence-electron chi connectivity index (χ3n) is 2.67. The van der Waals surface area contributed by atoms with Crippen LogP contribution >= 0.6 is 0 Å². The maximum Gasteiger partial charge on any atom is 0.294 e. The lowest BCUT2D eigenvalue weighted by Gasteiger charge is -1.97. The van der Waals surface area contributed by atoms with Gasteiger partial charge in [0.15, 0.2) is 0 Å². The Morgan fingerprint density at radius 1 is 0.727 bits per heavy atom. The summed E-state index contributed by atoms with van der Waals surface area (Å²) in [5.74, 6) is 0. The van der Waals surface area contributed by atoms with Gasteiger partial charge in [-0.1, -0.05) is 37.3 Å². The molecule has 2 aromatic carbocycles. The molecule has 0 unspecified atom stereocenters. The maximum atomic E-state index is 10.6. The fraction of sp³-hybridized carbons (Fsp3) is 0.143. The smallest absolute Gasteiger partial charge is 0.282 e. The van der Waals surface area contributed by atoms with Gasteiger partial charge in [0.2, 0.25) is 0 Å². The van der Waals surface area contributed by atoms with Crippen molar-refractivity contribution in [1.29, 1.82) is 0 Å². The number of hydrogen-bond acceptors (Lipinski definition) is 4. The molecule has 2 aromatic rings. The van der Waals surface area contributed by atoms with Gasteiger partial charge < -0.3 is 0 Å². The lowest BCUT2D eigenvalue weighted by Crippen LogP contribution is -1.97. The summed E-state index contributed by atoms with van der Waals surface area (Å²) in [6.07, 6.45) is 0.853. The first-order valence-electron chi connectivity index (χ1n) is 6.23. The van der Waals surface area contributed by atoms with E-state index < -0.39 is 20.2 Å². The van der Waals surface area contributed by atoms with Crippen molar-refractivity contribution in [2.24, 2.45) is 0 Å². The minimum absolute atomic E-state index is 0.0558. The standard InChI is InChI=1S/C8H10O3S.C6H6O3S/c1-2-7-3-5-8(6-4-7)12(9,10)11;7-10(8,9)6-4-2-1-3-5-6/h3-6H,2H2,1H3,(H,9,10,11);1-5H,(H,7,8,9). The summed E-state index contributed by atoms with van der Waals surface area (Å²) in [7, 11) is -8.03. The Morgan fingerprint density at radius 3 is 1.45 bits per heavy atom. The van der Waals surface area contributed by atoms with Crippen LogP contribution in [0.3, 0.4) is 0 Å². The second-order valence-electron chi connectivity index (χ2n) is 4.26. The van der Waals surface area contributed by atoms with Gasteiger partial charge in [-0.2, -0.15) is 16.8 Å². The van der Waals surface area contributed by atoms with Crippen molar-refractivity contribution in [2.45, 2.75) is 23.1 Å². The van der Waals surface area contributed by atoms with E-state index in [4.69, 9.17) is 9.11 Å². The summed E-state index contributed by atoms with van der Waals surface area (Å²) in [5, 5.41) is 0. The van der Waals surface area contributed by atoms with E-state index in [1.165, 1.54) is 24.3 Å². The van der Waals surface area contributed by atoms with Crippen LogP contribution < -0.4 is 0 Å². The quantitative estimate of drug-likeness (QED) is 0.828. The fourth-order valence-corrected chi connectivity index (χ4v) is 2.47. The minimum atomic E-state index is -4.03. The van der Waals surface area contributed by atoms with Gasteiger partial charge in [0.05, 0.1) is 9.79 Å². The Morgan fingerprint density at radius 2 is 1.14 bits per heavy atom. The molecule has 120 valence electrons. The summed E-state index contributed by atoms with van der Waals surface area (Å²) in [6.45, 7) is 1.97. The second kappa shape index (κ2) is 7.50. The zero-order valence-electron chi connectivity index (χ0n) is 11.7. The normalized spacial score (nSPS) is 11.4. The summed E-state index contributed by atoms with van der Waals surface area (Å²) in [6, 6.07) is 13.6. The van der Waals surface area contributed by atoms with E-state index in [0.717, 1.165) is 12.0 Å². The highest BCUT2D eigenvalue weighted by atomic mass is 32.2. The van der Waals surface area contributed by atoms with Gasteiger partial charge in [-0.05, 0) is 36.2 Å². The highest BCUT2D eigenvalue weighted by Crippen LogP contribution is 2.10. The van der Waals surface area contributed by atoms with Gasteiger partial charge in [-0.3, -0.25) is 9.11 Å². The van der Waals surface area contributed by atoms with Crippen LogP contribution in [0.1, 0.15) is 12.5 Å². The van der Waals surface area contributed by atoms with E-state index in [9.17, 15) is 16.8 Å². The lowest BCUT2D eigenvalue weighted by molar-refractivity contribution is 0.481. The molecule has 0 saturated carbocycles. The average Bonchev–Trinajstić information content (AvgIpc) is 2.47. The van der Waals surface area contributed by atoms with Crippen LogP contribution in [0.2, 0.25) is 0 Å². The molecule has 0 atom stereocenters. The van der Waals surface area contributed by atoms with Gasteiger partial charge in [-0.25, -0.2) is 0 Å². The Balaban J connectivity index is 0.000000224. The van der Waals surface area contributed by atoms with Crippen molar-refractivity contribution < 1.29 is 25.9 Å². The van der Waals surface area contributed by atoms with Crippen LogP contribution in [-0.2, 0) is 26.7 Å². The van der Waals surface area contributed by atoms with Gasteiger partial charge in [0, 0.05) is 0 Å². The molecule has 2 N–H and O–H groups in total. The summed E-state index contributed by atoms with van der Waals surface area (Å²) in [5.41, 5.74) is 1.04.